The molecule has 0 saturated carbocycles. The molecule has 234 valence electrons. The average molecular weight is 617 g/mol. The smallest absolute Gasteiger partial charge is 0.247 e. The number of piperazine rings is 1. The van der Waals surface area contributed by atoms with Crippen LogP contribution >= 0.6 is 0 Å². The first-order valence-corrected chi connectivity index (χ1v) is 15.2. The highest BCUT2D eigenvalue weighted by atomic mass is 16.7. The van der Waals surface area contributed by atoms with Crippen molar-refractivity contribution >= 4 is 34.6 Å². The summed E-state index contributed by atoms with van der Waals surface area (Å²) in [5.41, 5.74) is 5.99. The number of nitriles is 1. The number of carbonyl (C=O) groups is 1. The third-order valence-corrected chi connectivity index (χ3v) is 8.27. The van der Waals surface area contributed by atoms with Gasteiger partial charge < -0.3 is 25.2 Å². The Morgan fingerprint density at radius 1 is 1.04 bits per heavy atom. The van der Waals surface area contributed by atoms with Crippen LogP contribution in [-0.4, -0.2) is 67.7 Å². The average Bonchev–Trinajstić information content (AvgIpc) is 3.59. The van der Waals surface area contributed by atoms with E-state index in [1.54, 1.807) is 7.11 Å². The number of nitrogens with zero attached hydrogens (tertiary/aromatic N) is 6. The van der Waals surface area contributed by atoms with Crippen LogP contribution in [0.1, 0.15) is 23.6 Å². The topological polar surface area (TPSA) is 119 Å². The molecule has 0 spiro atoms. The van der Waals surface area contributed by atoms with Crippen molar-refractivity contribution in [2.75, 3.05) is 67.5 Å². The van der Waals surface area contributed by atoms with E-state index in [9.17, 15) is 4.79 Å². The molecule has 4 aromatic rings. The highest BCUT2D eigenvalue weighted by Gasteiger charge is 2.30. The van der Waals surface area contributed by atoms with Crippen molar-refractivity contribution in [3.63, 3.8) is 0 Å². The molecule has 6 rings (SSSR count). The van der Waals surface area contributed by atoms with Gasteiger partial charge in [-0.2, -0.15) is 5.26 Å². The van der Waals surface area contributed by atoms with E-state index < -0.39 is 0 Å². The van der Waals surface area contributed by atoms with Crippen molar-refractivity contribution in [2.45, 2.75) is 12.5 Å². The van der Waals surface area contributed by atoms with Crippen LogP contribution < -0.4 is 25.3 Å². The van der Waals surface area contributed by atoms with Crippen LogP contribution in [0, 0.1) is 11.3 Å². The minimum Gasteiger partial charge on any atom is -0.494 e. The highest BCUT2D eigenvalue weighted by molar-refractivity contribution is 6.02. The zero-order valence-electron chi connectivity index (χ0n) is 25.9. The number of rotatable bonds is 9. The third kappa shape index (κ3) is 6.63. The van der Waals surface area contributed by atoms with Crippen molar-refractivity contribution in [3.8, 4) is 22.9 Å². The number of anilines is 5. The Bertz CT molecular complexity index is 1760. The van der Waals surface area contributed by atoms with Crippen molar-refractivity contribution in [1.29, 1.82) is 5.26 Å². The Hall–Kier alpha value is -5.44. The van der Waals surface area contributed by atoms with Gasteiger partial charge in [-0.15, -0.1) is 0 Å². The number of nitrogens with one attached hydrogen (secondary N) is 2. The molecule has 0 radical (unpaired) electrons. The summed E-state index contributed by atoms with van der Waals surface area (Å²) in [6.45, 7) is 7.65. The van der Waals surface area contributed by atoms with E-state index in [1.165, 1.54) is 12.4 Å². The summed E-state index contributed by atoms with van der Waals surface area (Å²) in [6.07, 6.45) is 3.54. The number of benzene rings is 3. The fourth-order valence-electron chi connectivity index (χ4n) is 5.76. The monoisotopic (exact) mass is 616 g/mol. The summed E-state index contributed by atoms with van der Waals surface area (Å²) < 4.78 is 5.80. The van der Waals surface area contributed by atoms with Crippen LogP contribution in [0.3, 0.4) is 0 Å². The van der Waals surface area contributed by atoms with Crippen molar-refractivity contribution < 1.29 is 14.4 Å². The van der Waals surface area contributed by atoms with Crippen LogP contribution in [0.4, 0.5) is 28.7 Å². The first kappa shape index (κ1) is 30.6. The first-order valence-electron chi connectivity index (χ1n) is 15.2. The molecule has 1 unspecified atom stereocenters. The summed E-state index contributed by atoms with van der Waals surface area (Å²) in [5, 5.41) is 17.3. The molecule has 3 heterocycles. The van der Waals surface area contributed by atoms with Crippen LogP contribution in [-0.2, 0) is 9.63 Å². The predicted octanol–water partition coefficient (Wildman–Crippen LogP) is 5.53. The Labute approximate surface area is 268 Å². The molecule has 2 saturated heterocycles. The quantitative estimate of drug-likeness (QED) is 0.233. The molecule has 2 fully saturated rings. The molecule has 2 aliphatic rings. The van der Waals surface area contributed by atoms with E-state index in [0.29, 0.717) is 40.9 Å². The Morgan fingerprint density at radius 2 is 1.85 bits per heavy atom. The van der Waals surface area contributed by atoms with E-state index in [1.807, 2.05) is 53.6 Å². The number of hydrogen-bond acceptors (Lipinski definition) is 10. The van der Waals surface area contributed by atoms with Gasteiger partial charge in [0.05, 0.1) is 48.5 Å². The molecule has 3 aromatic carbocycles. The zero-order chi connectivity index (χ0) is 32.0. The van der Waals surface area contributed by atoms with Gasteiger partial charge in [-0.1, -0.05) is 36.9 Å². The Morgan fingerprint density at radius 3 is 2.59 bits per heavy atom. The van der Waals surface area contributed by atoms with Crippen molar-refractivity contribution in [1.82, 2.24) is 14.9 Å². The van der Waals surface area contributed by atoms with E-state index in [-0.39, 0.29) is 11.9 Å². The Kier molecular flexibility index (Phi) is 9.10. The van der Waals surface area contributed by atoms with E-state index in [4.69, 9.17) is 14.8 Å². The number of methoxy groups -OCH3 is 1. The number of amides is 1. The molecule has 0 aliphatic carbocycles. The predicted molar refractivity (Wildman–Crippen MR) is 179 cm³/mol. The van der Waals surface area contributed by atoms with Crippen LogP contribution in [0.5, 0.6) is 5.75 Å². The van der Waals surface area contributed by atoms with Gasteiger partial charge in [0, 0.05) is 44.7 Å². The second-order valence-corrected chi connectivity index (χ2v) is 11.2. The molecular formula is C35H36N8O3. The van der Waals surface area contributed by atoms with Gasteiger partial charge >= 0.3 is 0 Å². The molecule has 1 aromatic heterocycles. The lowest BCUT2D eigenvalue weighted by Crippen LogP contribution is -2.44. The minimum atomic E-state index is -0.295. The summed E-state index contributed by atoms with van der Waals surface area (Å²) in [5.74, 6) is 1.46. The number of hydroxylamine groups is 1. The van der Waals surface area contributed by atoms with E-state index in [0.717, 1.165) is 55.0 Å². The molecule has 11 heteroatoms. The molecule has 0 bridgehead atoms. The fraction of sp³-hybridized carbons (Fsp3) is 0.257. The van der Waals surface area contributed by atoms with Crippen LogP contribution in [0.25, 0.3) is 11.1 Å². The largest absolute Gasteiger partial charge is 0.494 e. The number of carbonyl (C=O) groups excluding carboxylic acids is 1. The van der Waals surface area contributed by atoms with Gasteiger partial charge in [0.2, 0.25) is 5.91 Å². The fourth-order valence-corrected chi connectivity index (χ4v) is 5.76. The lowest BCUT2D eigenvalue weighted by atomic mass is 9.97. The lowest BCUT2D eigenvalue weighted by Gasteiger charge is -2.35. The molecule has 1 amide bonds. The molecule has 1 atom stereocenters. The van der Waals surface area contributed by atoms with Gasteiger partial charge in [0.25, 0.3) is 0 Å². The number of likely N-dealkylation sites (N-methyl/N-ethyl adjacent to an activating group) is 1. The van der Waals surface area contributed by atoms with Crippen molar-refractivity contribution in [3.05, 3.63) is 96.8 Å². The van der Waals surface area contributed by atoms with Gasteiger partial charge in [0.15, 0.2) is 5.82 Å². The molecular weight excluding hydrogens is 580 g/mol. The molecule has 2 aliphatic heterocycles. The standard InChI is InChI=1S/C35H36N8O3/c1-4-35(44)40-28-19-29(32(45-3)20-31(28)42-15-13-41(2)14-16-42)39-33-21-34(38-23-37-33)43-30(12-17-46-43)27-7-5-6-26(18-27)25-10-8-24(22-36)9-11-25/h4-11,18-21,23,30H,1,12-17H2,2-3H3,(H,40,44)(H,37,38,39). The normalized spacial score (nSPS) is 16.5. The van der Waals surface area contributed by atoms with Gasteiger partial charge in [-0.25, -0.2) is 15.0 Å². The highest BCUT2D eigenvalue weighted by Crippen LogP contribution is 2.40. The van der Waals surface area contributed by atoms with Crippen molar-refractivity contribution in [2.24, 2.45) is 0 Å². The summed E-state index contributed by atoms with van der Waals surface area (Å²) in [7, 11) is 3.72. The number of aromatic nitrogens is 2. The number of ether oxygens (including phenoxy) is 1. The Balaban J connectivity index is 1.26. The zero-order valence-corrected chi connectivity index (χ0v) is 25.9. The maximum atomic E-state index is 12.4. The SMILES string of the molecule is C=CC(=O)Nc1cc(Nc2cc(N3OCCC3c3cccc(-c4ccc(C#N)cc4)c3)ncn2)c(OC)cc1N1CCN(C)CC1. The van der Waals surface area contributed by atoms with Crippen LogP contribution in [0.2, 0.25) is 0 Å². The van der Waals surface area contributed by atoms with Gasteiger partial charge in [-0.3, -0.25) is 9.63 Å². The summed E-state index contributed by atoms with van der Waals surface area (Å²) >= 11 is 0. The van der Waals surface area contributed by atoms with E-state index >= 15 is 0 Å². The van der Waals surface area contributed by atoms with E-state index in [2.05, 4.69) is 68.3 Å². The maximum absolute atomic E-state index is 12.4. The first-order chi connectivity index (χ1) is 22.4. The summed E-state index contributed by atoms with van der Waals surface area (Å²) in [4.78, 5) is 32.0. The maximum Gasteiger partial charge on any atom is 0.247 e. The van der Waals surface area contributed by atoms with Gasteiger partial charge in [0.1, 0.15) is 17.9 Å². The molecule has 11 nitrogen and oxygen atoms in total. The number of hydrogen-bond donors (Lipinski definition) is 2. The second-order valence-electron chi connectivity index (χ2n) is 11.2. The summed E-state index contributed by atoms with van der Waals surface area (Å²) in [6, 6.07) is 23.7. The lowest BCUT2D eigenvalue weighted by molar-refractivity contribution is -0.111. The molecule has 2 N–H and O–H groups in total. The van der Waals surface area contributed by atoms with Crippen LogP contribution in [0.15, 0.2) is 85.7 Å². The van der Waals surface area contributed by atoms with Gasteiger partial charge in [-0.05, 0) is 54.1 Å². The minimum absolute atomic E-state index is 0.0563. The molecule has 46 heavy (non-hydrogen) atoms. The third-order valence-electron chi connectivity index (χ3n) is 8.27. The second kappa shape index (κ2) is 13.7.